The number of carbonyl (C=O) groups is 2. The summed E-state index contributed by atoms with van der Waals surface area (Å²) in [5.41, 5.74) is 3.68. The predicted molar refractivity (Wildman–Crippen MR) is 91.3 cm³/mol. The molecule has 0 bridgehead atoms. The molecule has 0 saturated heterocycles. The van der Waals surface area contributed by atoms with E-state index in [-0.39, 0.29) is 5.78 Å². The van der Waals surface area contributed by atoms with Gasteiger partial charge in [0.2, 0.25) is 5.78 Å². The Kier molecular flexibility index (Phi) is 5.47. The van der Waals surface area contributed by atoms with Crippen LogP contribution in [0.1, 0.15) is 34.0 Å². The average molecular weight is 308 g/mol. The SMILES string of the molecule is Cc1ccc(/C=C/C(=O)O[C@H](C)C(=O)c2ccc(C)cc2)cc1. The van der Waals surface area contributed by atoms with Crippen LogP contribution in [0.4, 0.5) is 0 Å². The van der Waals surface area contributed by atoms with E-state index in [0.717, 1.165) is 16.7 Å². The highest BCUT2D eigenvalue weighted by molar-refractivity contribution is 6.01. The van der Waals surface area contributed by atoms with Crippen molar-refractivity contribution in [2.24, 2.45) is 0 Å². The van der Waals surface area contributed by atoms with Gasteiger partial charge in [-0.3, -0.25) is 4.79 Å². The summed E-state index contributed by atoms with van der Waals surface area (Å²) in [6, 6.07) is 15.0. The third-order valence-corrected chi connectivity index (χ3v) is 3.49. The van der Waals surface area contributed by atoms with Gasteiger partial charge in [-0.2, -0.15) is 0 Å². The highest BCUT2D eigenvalue weighted by atomic mass is 16.5. The van der Waals surface area contributed by atoms with Crippen molar-refractivity contribution in [2.75, 3.05) is 0 Å². The normalized spacial score (nSPS) is 12.1. The molecular formula is C20H20O3. The number of ketones is 1. The molecule has 0 heterocycles. The second kappa shape index (κ2) is 7.54. The number of hydrogen-bond acceptors (Lipinski definition) is 3. The molecule has 0 fully saturated rings. The molecule has 3 nitrogen and oxygen atoms in total. The zero-order valence-corrected chi connectivity index (χ0v) is 13.6. The second-order valence-electron chi connectivity index (χ2n) is 5.55. The van der Waals surface area contributed by atoms with Gasteiger partial charge in [-0.1, -0.05) is 59.7 Å². The van der Waals surface area contributed by atoms with Crippen LogP contribution in [0.3, 0.4) is 0 Å². The molecule has 3 heteroatoms. The minimum absolute atomic E-state index is 0.206. The van der Waals surface area contributed by atoms with E-state index < -0.39 is 12.1 Å². The Bertz CT molecular complexity index is 710. The first-order chi connectivity index (χ1) is 11.0. The van der Waals surface area contributed by atoms with Gasteiger partial charge in [0.1, 0.15) is 0 Å². The summed E-state index contributed by atoms with van der Waals surface area (Å²) in [6.45, 7) is 5.54. The summed E-state index contributed by atoms with van der Waals surface area (Å²) < 4.78 is 5.17. The Labute approximate surface area is 136 Å². The Morgan fingerprint density at radius 2 is 1.43 bits per heavy atom. The van der Waals surface area contributed by atoms with E-state index in [1.165, 1.54) is 6.08 Å². The minimum Gasteiger partial charge on any atom is -0.451 e. The number of benzene rings is 2. The van der Waals surface area contributed by atoms with Gasteiger partial charge in [-0.05, 0) is 32.4 Å². The molecule has 118 valence electrons. The van der Waals surface area contributed by atoms with Gasteiger partial charge < -0.3 is 4.74 Å². The van der Waals surface area contributed by atoms with Crippen LogP contribution in [-0.4, -0.2) is 17.9 Å². The van der Waals surface area contributed by atoms with Gasteiger partial charge in [0, 0.05) is 11.6 Å². The first-order valence-corrected chi connectivity index (χ1v) is 7.52. The predicted octanol–water partition coefficient (Wildman–Crippen LogP) is 4.13. The molecular weight excluding hydrogens is 288 g/mol. The van der Waals surface area contributed by atoms with Crippen molar-refractivity contribution in [1.29, 1.82) is 0 Å². The van der Waals surface area contributed by atoms with E-state index >= 15 is 0 Å². The van der Waals surface area contributed by atoms with E-state index in [4.69, 9.17) is 4.74 Å². The highest BCUT2D eigenvalue weighted by Crippen LogP contribution is 2.10. The number of Topliss-reactive ketones (excluding diaryl/α,β-unsaturated/α-hetero) is 1. The van der Waals surface area contributed by atoms with Crippen molar-refractivity contribution < 1.29 is 14.3 Å². The Morgan fingerprint density at radius 1 is 0.913 bits per heavy atom. The Hall–Kier alpha value is -2.68. The lowest BCUT2D eigenvalue weighted by Crippen LogP contribution is -2.23. The highest BCUT2D eigenvalue weighted by Gasteiger charge is 2.18. The van der Waals surface area contributed by atoms with E-state index in [1.54, 1.807) is 25.1 Å². The van der Waals surface area contributed by atoms with Crippen LogP contribution in [-0.2, 0) is 9.53 Å². The molecule has 2 aromatic carbocycles. The van der Waals surface area contributed by atoms with Gasteiger partial charge in [0.25, 0.3) is 0 Å². The summed E-state index contributed by atoms with van der Waals surface area (Å²) >= 11 is 0. The fraction of sp³-hybridized carbons (Fsp3) is 0.200. The van der Waals surface area contributed by atoms with Gasteiger partial charge >= 0.3 is 5.97 Å². The van der Waals surface area contributed by atoms with Crippen LogP contribution in [0.2, 0.25) is 0 Å². The fourth-order valence-corrected chi connectivity index (χ4v) is 2.06. The third kappa shape index (κ3) is 4.92. The molecule has 0 spiro atoms. The number of carbonyl (C=O) groups excluding carboxylic acids is 2. The minimum atomic E-state index is -0.812. The Balaban J connectivity index is 1.95. The first-order valence-electron chi connectivity index (χ1n) is 7.52. The molecule has 2 aromatic rings. The largest absolute Gasteiger partial charge is 0.451 e. The lowest BCUT2D eigenvalue weighted by Gasteiger charge is -2.11. The molecule has 0 saturated carbocycles. The van der Waals surface area contributed by atoms with Crippen LogP contribution in [0.25, 0.3) is 6.08 Å². The fourth-order valence-electron chi connectivity index (χ4n) is 2.06. The molecule has 0 amide bonds. The van der Waals surface area contributed by atoms with Crippen molar-refractivity contribution in [1.82, 2.24) is 0 Å². The average Bonchev–Trinajstić information content (AvgIpc) is 2.54. The van der Waals surface area contributed by atoms with Crippen LogP contribution in [0, 0.1) is 13.8 Å². The molecule has 23 heavy (non-hydrogen) atoms. The lowest BCUT2D eigenvalue weighted by molar-refractivity contribution is -0.140. The number of rotatable bonds is 5. The van der Waals surface area contributed by atoms with Gasteiger partial charge in [-0.25, -0.2) is 4.79 Å². The summed E-state index contributed by atoms with van der Waals surface area (Å²) in [4.78, 5) is 24.0. The summed E-state index contributed by atoms with van der Waals surface area (Å²) in [5.74, 6) is -0.736. The van der Waals surface area contributed by atoms with E-state index in [2.05, 4.69) is 0 Å². The molecule has 2 rings (SSSR count). The quantitative estimate of drug-likeness (QED) is 0.474. The molecule has 0 radical (unpaired) electrons. The number of esters is 1. The van der Waals surface area contributed by atoms with Crippen LogP contribution in [0.5, 0.6) is 0 Å². The molecule has 0 aliphatic rings. The van der Waals surface area contributed by atoms with Gasteiger partial charge in [0.05, 0.1) is 0 Å². The lowest BCUT2D eigenvalue weighted by atomic mass is 10.1. The maximum absolute atomic E-state index is 12.2. The molecule has 0 N–H and O–H groups in total. The topological polar surface area (TPSA) is 43.4 Å². The van der Waals surface area contributed by atoms with Gasteiger partial charge in [0.15, 0.2) is 6.10 Å². The summed E-state index contributed by atoms with van der Waals surface area (Å²) in [6.07, 6.45) is 2.20. The van der Waals surface area contributed by atoms with E-state index in [1.807, 2.05) is 50.2 Å². The zero-order chi connectivity index (χ0) is 16.8. The van der Waals surface area contributed by atoms with Crippen LogP contribution in [0.15, 0.2) is 54.6 Å². The van der Waals surface area contributed by atoms with E-state index in [0.29, 0.717) is 5.56 Å². The molecule has 0 aliphatic heterocycles. The van der Waals surface area contributed by atoms with Crippen molar-refractivity contribution in [3.8, 4) is 0 Å². The summed E-state index contributed by atoms with van der Waals surface area (Å²) in [5, 5.41) is 0. The van der Waals surface area contributed by atoms with Crippen molar-refractivity contribution >= 4 is 17.8 Å². The van der Waals surface area contributed by atoms with Crippen molar-refractivity contribution in [3.05, 3.63) is 76.9 Å². The second-order valence-corrected chi connectivity index (χ2v) is 5.55. The molecule has 1 atom stereocenters. The number of ether oxygens (including phenoxy) is 1. The molecule has 0 unspecified atom stereocenters. The Morgan fingerprint density at radius 3 is 2.00 bits per heavy atom. The first kappa shape index (κ1) is 16.7. The van der Waals surface area contributed by atoms with Crippen LogP contribution < -0.4 is 0 Å². The monoisotopic (exact) mass is 308 g/mol. The molecule has 0 aromatic heterocycles. The van der Waals surface area contributed by atoms with Crippen molar-refractivity contribution in [2.45, 2.75) is 26.9 Å². The maximum Gasteiger partial charge on any atom is 0.331 e. The number of aryl methyl sites for hydroxylation is 2. The standard InChI is InChI=1S/C20H20O3/c1-14-4-8-17(9-5-14)10-13-19(21)23-16(3)20(22)18-11-6-15(2)7-12-18/h4-13,16H,1-3H3/b13-10+/t16-/m1/s1. The van der Waals surface area contributed by atoms with Crippen molar-refractivity contribution in [3.63, 3.8) is 0 Å². The van der Waals surface area contributed by atoms with Gasteiger partial charge in [-0.15, -0.1) is 0 Å². The zero-order valence-electron chi connectivity index (χ0n) is 13.6. The molecule has 0 aliphatic carbocycles. The summed E-state index contributed by atoms with van der Waals surface area (Å²) in [7, 11) is 0. The maximum atomic E-state index is 12.2. The smallest absolute Gasteiger partial charge is 0.331 e. The van der Waals surface area contributed by atoms with Crippen LogP contribution >= 0.6 is 0 Å². The number of hydrogen-bond donors (Lipinski definition) is 0. The van der Waals surface area contributed by atoms with E-state index in [9.17, 15) is 9.59 Å². The third-order valence-electron chi connectivity index (χ3n) is 3.49.